The smallest absolute Gasteiger partial charge is 0.341 e. The summed E-state index contributed by atoms with van der Waals surface area (Å²) in [5.74, 6) is -2.34. The van der Waals surface area contributed by atoms with Crippen LogP contribution in [-0.4, -0.2) is 19.1 Å². The number of nitrogens with zero attached hydrogens (tertiary/aromatic N) is 1. The quantitative estimate of drug-likeness (QED) is 0.606. The standard InChI is InChI=1S/C15H16F2N2O5S/c1-8-6-12(10(3)24-8)9(2)18-13-5-4-11(7-14(13)19(20)21)25(22,23)15(16)17/h4-7,9,15,18H,1-3H3. The molecule has 0 fully saturated rings. The van der Waals surface area contributed by atoms with Crippen molar-refractivity contribution >= 4 is 21.2 Å². The van der Waals surface area contributed by atoms with Crippen molar-refractivity contribution in [2.75, 3.05) is 5.32 Å². The maximum atomic E-state index is 12.6. The van der Waals surface area contributed by atoms with Gasteiger partial charge in [-0.3, -0.25) is 10.1 Å². The normalized spacial score (nSPS) is 13.0. The first kappa shape index (κ1) is 18.8. The van der Waals surface area contributed by atoms with Crippen molar-refractivity contribution in [1.82, 2.24) is 0 Å². The highest BCUT2D eigenvalue weighted by molar-refractivity contribution is 7.91. The van der Waals surface area contributed by atoms with E-state index in [2.05, 4.69) is 5.32 Å². The number of aryl methyl sites for hydroxylation is 2. The van der Waals surface area contributed by atoms with Crippen LogP contribution in [0.2, 0.25) is 0 Å². The molecule has 0 saturated carbocycles. The summed E-state index contributed by atoms with van der Waals surface area (Å²) < 4.78 is 53.7. The number of furan rings is 1. The lowest BCUT2D eigenvalue weighted by molar-refractivity contribution is -0.384. The van der Waals surface area contributed by atoms with Crippen LogP contribution in [0.3, 0.4) is 0 Å². The summed E-state index contributed by atoms with van der Waals surface area (Å²) >= 11 is 0. The molecule has 10 heteroatoms. The van der Waals surface area contributed by atoms with Gasteiger partial charge < -0.3 is 9.73 Å². The third-order valence-corrected chi connectivity index (χ3v) is 5.03. The van der Waals surface area contributed by atoms with Gasteiger partial charge in [0.1, 0.15) is 17.2 Å². The van der Waals surface area contributed by atoms with E-state index in [0.29, 0.717) is 17.6 Å². The molecule has 0 radical (unpaired) electrons. The summed E-state index contributed by atoms with van der Waals surface area (Å²) in [5.41, 5.74) is 0.187. The predicted molar refractivity (Wildman–Crippen MR) is 86.5 cm³/mol. The Morgan fingerprint density at radius 2 is 1.88 bits per heavy atom. The molecule has 1 aromatic heterocycles. The van der Waals surface area contributed by atoms with Gasteiger partial charge in [-0.05, 0) is 39.0 Å². The number of halogens is 2. The molecule has 1 atom stereocenters. The average molecular weight is 374 g/mol. The molecular weight excluding hydrogens is 358 g/mol. The molecular formula is C15H16F2N2O5S. The summed E-state index contributed by atoms with van der Waals surface area (Å²) in [5, 5.41) is 14.1. The molecule has 2 rings (SSSR count). The maximum Gasteiger partial charge on any atom is 0.341 e. The van der Waals surface area contributed by atoms with Gasteiger partial charge >= 0.3 is 5.76 Å². The zero-order valence-corrected chi connectivity index (χ0v) is 14.4. The van der Waals surface area contributed by atoms with Gasteiger partial charge in [0, 0.05) is 11.6 Å². The van der Waals surface area contributed by atoms with Crippen LogP contribution in [0, 0.1) is 24.0 Å². The van der Waals surface area contributed by atoms with Gasteiger partial charge in [-0.1, -0.05) is 0 Å². The van der Waals surface area contributed by atoms with E-state index in [4.69, 9.17) is 4.42 Å². The number of rotatable bonds is 6. The zero-order chi connectivity index (χ0) is 18.9. The lowest BCUT2D eigenvalue weighted by Crippen LogP contribution is -2.13. The number of hydrogen-bond donors (Lipinski definition) is 1. The largest absolute Gasteiger partial charge is 0.466 e. The van der Waals surface area contributed by atoms with E-state index in [0.717, 1.165) is 17.7 Å². The average Bonchev–Trinajstić information content (AvgIpc) is 2.85. The van der Waals surface area contributed by atoms with Gasteiger partial charge in [0.15, 0.2) is 0 Å². The lowest BCUT2D eigenvalue weighted by atomic mass is 10.1. The van der Waals surface area contributed by atoms with Crippen LogP contribution in [-0.2, 0) is 9.84 Å². The molecule has 1 unspecified atom stereocenters. The Hall–Kier alpha value is -2.49. The summed E-state index contributed by atoms with van der Waals surface area (Å²) in [7, 11) is -4.91. The minimum Gasteiger partial charge on any atom is -0.466 e. The minimum atomic E-state index is -4.91. The van der Waals surface area contributed by atoms with Gasteiger partial charge in [-0.2, -0.15) is 8.78 Å². The number of hydrogen-bond acceptors (Lipinski definition) is 6. The molecule has 1 aromatic carbocycles. The summed E-state index contributed by atoms with van der Waals surface area (Å²) in [6.45, 7) is 5.24. The highest BCUT2D eigenvalue weighted by atomic mass is 32.2. The number of nitro benzene ring substituents is 1. The summed E-state index contributed by atoms with van der Waals surface area (Å²) in [6, 6.07) is 4.04. The Kier molecular flexibility index (Phi) is 5.12. The van der Waals surface area contributed by atoms with Gasteiger partial charge in [-0.25, -0.2) is 8.42 Å². The van der Waals surface area contributed by atoms with Crippen LogP contribution >= 0.6 is 0 Å². The molecule has 25 heavy (non-hydrogen) atoms. The van der Waals surface area contributed by atoms with Crippen molar-refractivity contribution in [3.63, 3.8) is 0 Å². The maximum absolute atomic E-state index is 12.6. The van der Waals surface area contributed by atoms with Crippen LogP contribution in [0.1, 0.15) is 30.0 Å². The number of nitro groups is 1. The van der Waals surface area contributed by atoms with Crippen LogP contribution in [0.5, 0.6) is 0 Å². The van der Waals surface area contributed by atoms with Crippen molar-refractivity contribution in [3.05, 3.63) is 51.5 Å². The Balaban J connectivity index is 2.42. The fourth-order valence-electron chi connectivity index (χ4n) is 2.46. The van der Waals surface area contributed by atoms with Crippen LogP contribution < -0.4 is 5.32 Å². The van der Waals surface area contributed by atoms with Crippen molar-refractivity contribution in [2.24, 2.45) is 0 Å². The summed E-state index contributed by atoms with van der Waals surface area (Å²) in [4.78, 5) is 9.60. The number of alkyl halides is 2. The second-order valence-electron chi connectivity index (χ2n) is 5.48. The van der Waals surface area contributed by atoms with Crippen LogP contribution in [0.15, 0.2) is 33.6 Å². The molecule has 0 aliphatic carbocycles. The van der Waals surface area contributed by atoms with Gasteiger partial charge in [0.2, 0.25) is 9.84 Å². The van der Waals surface area contributed by atoms with E-state index >= 15 is 0 Å². The topological polar surface area (TPSA) is 102 Å². The predicted octanol–water partition coefficient (Wildman–Crippen LogP) is 3.97. The fourth-order valence-corrected chi connectivity index (χ4v) is 3.20. The van der Waals surface area contributed by atoms with Crippen molar-refractivity contribution in [1.29, 1.82) is 0 Å². The third-order valence-electron chi connectivity index (χ3n) is 3.65. The summed E-state index contributed by atoms with van der Waals surface area (Å²) in [6.07, 6.45) is 0. The lowest BCUT2D eigenvalue weighted by Gasteiger charge is -2.15. The highest BCUT2D eigenvalue weighted by Gasteiger charge is 2.29. The molecule has 0 amide bonds. The molecule has 1 heterocycles. The molecule has 0 spiro atoms. The second-order valence-corrected chi connectivity index (χ2v) is 7.39. The Morgan fingerprint density at radius 1 is 1.24 bits per heavy atom. The molecule has 0 aliphatic heterocycles. The first-order valence-corrected chi connectivity index (χ1v) is 8.72. The van der Waals surface area contributed by atoms with E-state index in [-0.39, 0.29) is 11.7 Å². The second kappa shape index (κ2) is 6.79. The van der Waals surface area contributed by atoms with Crippen molar-refractivity contribution < 1.29 is 26.5 Å². The molecule has 0 bridgehead atoms. The Morgan fingerprint density at radius 3 is 2.36 bits per heavy atom. The monoisotopic (exact) mass is 374 g/mol. The van der Waals surface area contributed by atoms with Gasteiger partial charge in [-0.15, -0.1) is 0 Å². The van der Waals surface area contributed by atoms with E-state index in [1.54, 1.807) is 26.8 Å². The SMILES string of the molecule is Cc1cc(C(C)Nc2ccc(S(=O)(=O)C(F)F)cc2[N+](=O)[O-])c(C)o1. The fraction of sp³-hybridized carbons (Fsp3) is 0.333. The van der Waals surface area contributed by atoms with Crippen molar-refractivity contribution in [3.8, 4) is 0 Å². The molecule has 2 aromatic rings. The molecule has 1 N–H and O–H groups in total. The minimum absolute atomic E-state index is 0.0176. The number of nitrogens with one attached hydrogen (secondary N) is 1. The number of anilines is 1. The highest BCUT2D eigenvalue weighted by Crippen LogP contribution is 2.33. The van der Waals surface area contributed by atoms with Crippen LogP contribution in [0.4, 0.5) is 20.2 Å². The molecule has 0 aliphatic rings. The van der Waals surface area contributed by atoms with E-state index in [9.17, 15) is 27.3 Å². The van der Waals surface area contributed by atoms with Crippen LogP contribution in [0.25, 0.3) is 0 Å². The first-order valence-electron chi connectivity index (χ1n) is 7.18. The molecule has 7 nitrogen and oxygen atoms in total. The first-order chi connectivity index (χ1) is 11.5. The van der Waals surface area contributed by atoms with Crippen molar-refractivity contribution in [2.45, 2.75) is 37.5 Å². The number of benzene rings is 1. The Bertz CT molecular complexity index is 909. The molecule has 136 valence electrons. The van der Waals surface area contributed by atoms with Gasteiger partial charge in [0.05, 0.1) is 15.9 Å². The van der Waals surface area contributed by atoms with E-state index < -0.39 is 31.1 Å². The zero-order valence-electron chi connectivity index (χ0n) is 13.6. The Labute approximate surface area is 142 Å². The third kappa shape index (κ3) is 3.78. The number of sulfone groups is 1. The van der Waals surface area contributed by atoms with E-state index in [1.165, 1.54) is 0 Å². The van der Waals surface area contributed by atoms with Gasteiger partial charge in [0.25, 0.3) is 5.69 Å². The molecule has 0 saturated heterocycles. The van der Waals surface area contributed by atoms with E-state index in [1.807, 2.05) is 0 Å².